The highest BCUT2D eigenvalue weighted by molar-refractivity contribution is 7.22. The Labute approximate surface area is 468 Å². The maximum atomic E-state index is 12.1. The van der Waals surface area contributed by atoms with E-state index < -0.39 is 5.97 Å². The van der Waals surface area contributed by atoms with Gasteiger partial charge < -0.3 is 28.7 Å². The van der Waals surface area contributed by atoms with E-state index in [4.69, 9.17) is 70.2 Å². The second-order valence-corrected chi connectivity index (χ2v) is 23.8. The van der Waals surface area contributed by atoms with Crippen molar-refractivity contribution in [1.82, 2.24) is 30.1 Å². The van der Waals surface area contributed by atoms with Crippen molar-refractivity contribution in [2.75, 3.05) is 56.7 Å². The van der Waals surface area contributed by atoms with Crippen molar-refractivity contribution in [3.05, 3.63) is 127 Å². The third-order valence-corrected chi connectivity index (χ3v) is 18.4. The molecule has 2 saturated carbocycles. The van der Waals surface area contributed by atoms with Gasteiger partial charge in [0.15, 0.2) is 10.3 Å². The lowest BCUT2D eigenvalue weighted by molar-refractivity contribution is 0.0526. The zero-order valence-corrected chi connectivity index (χ0v) is 46.9. The summed E-state index contributed by atoms with van der Waals surface area (Å²) in [6.45, 7) is 7.25. The van der Waals surface area contributed by atoms with Crippen LogP contribution in [0.25, 0.3) is 42.9 Å². The number of nitrogens with zero attached hydrogens (tertiary/aromatic N) is 8. The third-order valence-electron chi connectivity index (χ3n) is 15.0. The summed E-state index contributed by atoms with van der Waals surface area (Å²) in [4.78, 5) is 42.5. The number of hydrogen-bond donors (Lipinski definition) is 1. The molecule has 2 aliphatic carbocycles. The Morgan fingerprint density at radius 3 is 1.43 bits per heavy atom. The van der Waals surface area contributed by atoms with Gasteiger partial charge in [-0.25, -0.2) is 19.6 Å². The number of hydrogen-bond acceptors (Lipinski definition) is 15. The number of esters is 1. The minimum atomic E-state index is -0.918. The maximum Gasteiger partial charge on any atom is 0.338 e. The summed E-state index contributed by atoms with van der Waals surface area (Å²) in [7, 11) is 4.34. The van der Waals surface area contributed by atoms with Crippen molar-refractivity contribution in [3.63, 3.8) is 0 Å². The predicted octanol–water partition coefficient (Wildman–Crippen LogP) is 14.3. The maximum absolute atomic E-state index is 12.1. The number of ether oxygens (including phenoxy) is 1. The summed E-state index contributed by atoms with van der Waals surface area (Å²) in [5.74, 6) is 1.58. The Kier molecular flexibility index (Phi) is 15.7. The molecule has 12 rings (SSSR count). The van der Waals surface area contributed by atoms with E-state index in [0.29, 0.717) is 61.7 Å². The minimum Gasteiger partial charge on any atom is -0.478 e. The number of aromatic carboxylic acids is 1. The largest absolute Gasteiger partial charge is 0.478 e. The first-order valence-corrected chi connectivity index (χ1v) is 28.9. The van der Waals surface area contributed by atoms with E-state index in [2.05, 4.69) is 44.0 Å². The van der Waals surface area contributed by atoms with E-state index >= 15 is 0 Å². The predicted molar refractivity (Wildman–Crippen MR) is 303 cm³/mol. The lowest BCUT2D eigenvalue weighted by atomic mass is 10.0. The topological polar surface area (TPSA) is 154 Å². The molecule has 0 radical (unpaired) electrons. The Morgan fingerprint density at radius 2 is 1.04 bits per heavy atom. The average molecular weight is 1140 g/mol. The molecule has 2 aliphatic heterocycles. The molecule has 20 heteroatoms. The van der Waals surface area contributed by atoms with Gasteiger partial charge in [-0.2, -0.15) is 0 Å². The van der Waals surface area contributed by atoms with Gasteiger partial charge in [-0.1, -0.05) is 91.5 Å². The fraction of sp³-hybridized carbons (Fsp3) is 0.393. The monoisotopic (exact) mass is 1140 g/mol. The number of benzene rings is 4. The van der Waals surface area contributed by atoms with Gasteiger partial charge in [0.2, 0.25) is 0 Å². The quantitative estimate of drug-likeness (QED) is 0.0968. The number of rotatable bonds is 15. The fourth-order valence-corrected chi connectivity index (χ4v) is 13.7. The average Bonchev–Trinajstić information content (AvgIpc) is 4.28. The van der Waals surface area contributed by atoms with Crippen LogP contribution in [0.3, 0.4) is 0 Å². The van der Waals surface area contributed by atoms with Gasteiger partial charge in [-0.3, -0.25) is 9.80 Å². The van der Waals surface area contributed by atoms with Gasteiger partial charge >= 0.3 is 11.9 Å². The van der Waals surface area contributed by atoms with Gasteiger partial charge in [-0.15, -0.1) is 0 Å². The molecule has 4 fully saturated rings. The molecule has 0 amide bonds. The van der Waals surface area contributed by atoms with Gasteiger partial charge in [0, 0.05) is 85.4 Å². The van der Waals surface area contributed by atoms with Crippen molar-refractivity contribution in [2.45, 2.75) is 95.3 Å². The normalized spacial score (nSPS) is 16.5. The molecule has 14 nitrogen and oxygen atoms in total. The molecule has 0 unspecified atom stereocenters. The van der Waals surface area contributed by atoms with E-state index in [1.807, 2.05) is 55.5 Å². The molecule has 8 aromatic rings. The summed E-state index contributed by atoms with van der Waals surface area (Å²) >= 11 is 29.4. The standard InChI is InChI=1S/C29H30Cl2N4O3S.C27H26Cl2N4O3S/c1-3-37-28(36)18-9-10-23-24(15-18)39-29(32-23)35-13-11-19(12-14-35)34(2)16-20-26(33-38-27(20)17-7-8-17)25-21(30)5-4-6-22(25)31;1-32(14-18-24(31-36-25(18)15-5-6-15)23-19(28)3-2-4-20(23)29)17-9-11-33(12-10-17)27-30-21-8-7-16(26(34)35)13-22(21)37-27/h4-6,9-10,15,17,19H,3,7-8,11-14,16H2,1-2H3;2-4,7-8,13,15,17H,5-6,9-12,14H2,1H3,(H,34,35). The Morgan fingerprint density at radius 1 is 0.632 bits per heavy atom. The molecule has 0 atom stereocenters. The smallest absolute Gasteiger partial charge is 0.338 e. The van der Waals surface area contributed by atoms with Crippen LogP contribution in [0.1, 0.15) is 113 Å². The number of aromatic nitrogens is 4. The van der Waals surface area contributed by atoms with Crippen LogP contribution in [0, 0.1) is 0 Å². The van der Waals surface area contributed by atoms with Crippen molar-refractivity contribution in [1.29, 1.82) is 0 Å². The van der Waals surface area contributed by atoms with Crippen molar-refractivity contribution < 1.29 is 28.5 Å². The zero-order valence-electron chi connectivity index (χ0n) is 42.2. The molecule has 6 heterocycles. The molecule has 1 N–H and O–H groups in total. The lowest BCUT2D eigenvalue weighted by Gasteiger charge is -2.36. The number of carboxylic acids is 1. The first-order valence-electron chi connectivity index (χ1n) is 25.8. The third kappa shape index (κ3) is 11.2. The van der Waals surface area contributed by atoms with Crippen molar-refractivity contribution in [3.8, 4) is 22.5 Å². The second-order valence-electron chi connectivity index (χ2n) is 20.1. The lowest BCUT2D eigenvalue weighted by Crippen LogP contribution is -2.43. The van der Waals surface area contributed by atoms with Gasteiger partial charge in [-0.05, 0) is 133 Å². The number of carbonyl (C=O) groups excluding carboxylic acids is 1. The molecule has 4 aromatic heterocycles. The summed E-state index contributed by atoms with van der Waals surface area (Å²) in [5, 5.41) is 22.4. The molecular weight excluding hydrogens is 1090 g/mol. The van der Waals surface area contributed by atoms with Crippen LogP contribution in [-0.2, 0) is 17.8 Å². The SMILES string of the molecule is CCOC(=O)c1ccc2nc(N3CCC(N(C)Cc4c(-c5c(Cl)cccc5Cl)noc4C4CC4)CC3)sc2c1.CN(Cc1c(-c2c(Cl)cccc2Cl)noc1C1CC1)C1CCN(c2nc3ccc(C(=O)O)cc3s2)CC1. The van der Waals surface area contributed by atoms with Crippen LogP contribution in [0.4, 0.5) is 10.3 Å². The number of carbonyl (C=O) groups is 2. The molecule has 2 saturated heterocycles. The number of fused-ring (bicyclic) bond motifs is 2. The molecule has 4 aliphatic rings. The molecule has 4 aromatic carbocycles. The van der Waals surface area contributed by atoms with Crippen molar-refractivity contribution >= 4 is 112 Å². The van der Waals surface area contributed by atoms with Gasteiger partial charge in [0.05, 0.1) is 58.3 Å². The highest BCUT2D eigenvalue weighted by Gasteiger charge is 2.37. The minimum absolute atomic E-state index is 0.291. The van der Waals surface area contributed by atoms with Crippen LogP contribution >= 0.6 is 69.1 Å². The Bertz CT molecular complexity index is 3390. The molecule has 0 bridgehead atoms. The van der Waals surface area contributed by atoms with E-state index in [1.54, 1.807) is 46.9 Å². The fourth-order valence-electron chi connectivity index (χ4n) is 10.4. The first-order chi connectivity index (χ1) is 36.8. The first kappa shape index (κ1) is 52.7. The van der Waals surface area contributed by atoms with Crippen LogP contribution < -0.4 is 9.80 Å². The second kappa shape index (κ2) is 22.6. The molecule has 76 heavy (non-hydrogen) atoms. The number of halogens is 4. The summed E-state index contributed by atoms with van der Waals surface area (Å²) < 4.78 is 18.8. The Hall–Kier alpha value is -5.30. The number of thiazole rings is 2. The van der Waals surface area contributed by atoms with E-state index in [-0.39, 0.29) is 5.97 Å². The van der Waals surface area contributed by atoms with E-state index in [9.17, 15) is 14.7 Å². The van der Waals surface area contributed by atoms with Gasteiger partial charge in [0.1, 0.15) is 22.9 Å². The van der Waals surface area contributed by atoms with Gasteiger partial charge in [0.25, 0.3) is 0 Å². The van der Waals surface area contributed by atoms with Crippen LogP contribution in [0.2, 0.25) is 20.1 Å². The number of anilines is 2. The highest BCUT2D eigenvalue weighted by Crippen LogP contribution is 2.48. The van der Waals surface area contributed by atoms with Crippen molar-refractivity contribution in [2.24, 2.45) is 0 Å². The van der Waals surface area contributed by atoms with E-state index in [0.717, 1.165) is 166 Å². The summed E-state index contributed by atoms with van der Waals surface area (Å²) in [6.07, 6.45) is 8.54. The molecule has 0 spiro atoms. The number of carboxylic acid groups (broad SMARTS) is 1. The van der Waals surface area contributed by atoms with Crippen LogP contribution in [0.5, 0.6) is 0 Å². The highest BCUT2D eigenvalue weighted by atomic mass is 35.5. The summed E-state index contributed by atoms with van der Waals surface area (Å²) in [6, 6.07) is 22.6. The molecular formula is C56H56Cl4N8O6S2. The summed E-state index contributed by atoms with van der Waals surface area (Å²) in [5.41, 5.74) is 7.78. The van der Waals surface area contributed by atoms with Crippen LogP contribution in [-0.4, -0.2) is 106 Å². The van der Waals surface area contributed by atoms with Crippen LogP contribution in [0.15, 0.2) is 81.8 Å². The molecule has 396 valence electrons. The van der Waals surface area contributed by atoms with E-state index in [1.165, 1.54) is 0 Å². The number of piperidine rings is 2. The Balaban J connectivity index is 0.000000162. The zero-order chi connectivity index (χ0) is 52.8.